The molecule has 3 rings (SSSR count). The third-order valence-electron chi connectivity index (χ3n) is 3.93. The Morgan fingerprint density at radius 3 is 2.56 bits per heavy atom. The molecule has 5 nitrogen and oxygen atoms in total. The third-order valence-corrected chi connectivity index (χ3v) is 3.93. The second-order valence-corrected chi connectivity index (χ2v) is 5.79. The van der Waals surface area contributed by atoms with Gasteiger partial charge in [0.15, 0.2) is 0 Å². The summed E-state index contributed by atoms with van der Waals surface area (Å²) in [5, 5.41) is 9.82. The van der Waals surface area contributed by atoms with Gasteiger partial charge in [0.1, 0.15) is 17.9 Å². The summed E-state index contributed by atoms with van der Waals surface area (Å²) in [5.41, 5.74) is 2.21. The number of ether oxygens (including phenoxy) is 1. The number of carboxylic acids is 1. The van der Waals surface area contributed by atoms with Gasteiger partial charge in [-0.05, 0) is 41.8 Å². The molecule has 0 saturated heterocycles. The molecule has 0 bridgehead atoms. The van der Waals surface area contributed by atoms with Crippen molar-refractivity contribution in [3.05, 3.63) is 75.6 Å². The van der Waals surface area contributed by atoms with Crippen LogP contribution in [0.5, 0.6) is 5.75 Å². The Balaban J connectivity index is 1.80. The third kappa shape index (κ3) is 3.88. The molecule has 1 heterocycles. The van der Waals surface area contributed by atoms with Crippen molar-refractivity contribution in [3.8, 4) is 5.75 Å². The SMILES string of the molecule is CCCc1cc(=O)oc2cc(OCc3ccc(C(=O)O)cc3)ccc12. The normalized spacial score (nSPS) is 10.8. The number of aryl methyl sites for hydroxylation is 1. The molecule has 0 aliphatic rings. The van der Waals surface area contributed by atoms with Gasteiger partial charge in [-0.25, -0.2) is 9.59 Å². The number of benzene rings is 2. The molecule has 2 aromatic carbocycles. The van der Waals surface area contributed by atoms with Gasteiger partial charge in [0.2, 0.25) is 0 Å². The molecule has 5 heteroatoms. The van der Waals surface area contributed by atoms with Gasteiger partial charge in [0.05, 0.1) is 5.56 Å². The molecule has 0 spiro atoms. The molecule has 0 unspecified atom stereocenters. The van der Waals surface area contributed by atoms with Crippen LogP contribution in [0.3, 0.4) is 0 Å². The average Bonchev–Trinajstić information content (AvgIpc) is 2.60. The molecule has 0 atom stereocenters. The smallest absolute Gasteiger partial charge is 0.336 e. The molecule has 1 N–H and O–H groups in total. The topological polar surface area (TPSA) is 76.7 Å². The number of carboxylic acid groups (broad SMARTS) is 1. The summed E-state index contributed by atoms with van der Waals surface area (Å²) in [6.07, 6.45) is 1.77. The minimum Gasteiger partial charge on any atom is -0.489 e. The Hall–Kier alpha value is -3.08. The number of carbonyl (C=O) groups is 1. The first-order chi connectivity index (χ1) is 12.1. The second kappa shape index (κ2) is 7.21. The van der Waals surface area contributed by atoms with Crippen molar-refractivity contribution in [2.75, 3.05) is 0 Å². The maximum Gasteiger partial charge on any atom is 0.336 e. The zero-order valence-corrected chi connectivity index (χ0v) is 13.8. The highest BCUT2D eigenvalue weighted by molar-refractivity contribution is 5.87. The number of fused-ring (bicyclic) bond motifs is 1. The molecule has 0 aliphatic carbocycles. The molecule has 0 amide bonds. The van der Waals surface area contributed by atoms with Crippen molar-refractivity contribution in [3.63, 3.8) is 0 Å². The first kappa shape index (κ1) is 16.8. The maximum absolute atomic E-state index is 11.7. The van der Waals surface area contributed by atoms with E-state index >= 15 is 0 Å². The van der Waals surface area contributed by atoms with E-state index in [1.54, 1.807) is 18.2 Å². The van der Waals surface area contributed by atoms with Gasteiger partial charge in [-0.15, -0.1) is 0 Å². The van der Waals surface area contributed by atoms with Gasteiger partial charge in [-0.3, -0.25) is 0 Å². The standard InChI is InChI=1S/C20H18O5/c1-2-3-15-10-19(21)25-18-11-16(8-9-17(15)18)24-12-13-4-6-14(7-5-13)20(22)23/h4-11H,2-3,12H2,1H3,(H,22,23). The Labute approximate surface area is 144 Å². The molecule has 1 aromatic heterocycles. The van der Waals surface area contributed by atoms with Crippen LogP contribution in [0.1, 0.15) is 34.8 Å². The first-order valence-corrected chi connectivity index (χ1v) is 8.08. The number of hydrogen-bond acceptors (Lipinski definition) is 4. The molecule has 128 valence electrons. The summed E-state index contributed by atoms with van der Waals surface area (Å²) in [6, 6.07) is 13.5. The van der Waals surface area contributed by atoms with E-state index in [4.69, 9.17) is 14.3 Å². The lowest BCUT2D eigenvalue weighted by atomic mass is 10.1. The van der Waals surface area contributed by atoms with Gasteiger partial charge < -0.3 is 14.3 Å². The summed E-state index contributed by atoms with van der Waals surface area (Å²) in [4.78, 5) is 22.6. The van der Waals surface area contributed by atoms with E-state index in [0.717, 1.165) is 29.4 Å². The van der Waals surface area contributed by atoms with E-state index in [1.165, 1.54) is 18.2 Å². The second-order valence-electron chi connectivity index (χ2n) is 5.79. The van der Waals surface area contributed by atoms with E-state index in [-0.39, 0.29) is 11.2 Å². The fourth-order valence-electron chi connectivity index (χ4n) is 2.69. The number of aromatic carboxylic acids is 1. The first-order valence-electron chi connectivity index (χ1n) is 8.08. The van der Waals surface area contributed by atoms with Crippen LogP contribution in [0.15, 0.2) is 57.7 Å². The fourth-order valence-corrected chi connectivity index (χ4v) is 2.69. The van der Waals surface area contributed by atoms with E-state index in [1.807, 2.05) is 12.1 Å². The van der Waals surface area contributed by atoms with Crippen molar-refractivity contribution in [1.82, 2.24) is 0 Å². The monoisotopic (exact) mass is 338 g/mol. The molecule has 3 aromatic rings. The van der Waals surface area contributed by atoms with Crippen LogP contribution < -0.4 is 10.4 Å². The highest BCUT2D eigenvalue weighted by Gasteiger charge is 2.07. The lowest BCUT2D eigenvalue weighted by Gasteiger charge is -2.09. The van der Waals surface area contributed by atoms with Gasteiger partial charge in [-0.2, -0.15) is 0 Å². The zero-order chi connectivity index (χ0) is 17.8. The Morgan fingerprint density at radius 1 is 1.12 bits per heavy atom. The molecule has 0 saturated carbocycles. The Kier molecular flexibility index (Phi) is 4.84. The Bertz CT molecular complexity index is 954. The predicted octanol–water partition coefficient (Wildman–Crippen LogP) is 4.02. The number of hydrogen-bond donors (Lipinski definition) is 1. The molecule has 0 radical (unpaired) electrons. The van der Waals surface area contributed by atoms with Crippen molar-refractivity contribution >= 4 is 16.9 Å². The molecular weight excluding hydrogens is 320 g/mol. The lowest BCUT2D eigenvalue weighted by molar-refractivity contribution is 0.0697. The van der Waals surface area contributed by atoms with Gasteiger partial charge >= 0.3 is 11.6 Å². The van der Waals surface area contributed by atoms with Gasteiger partial charge in [0, 0.05) is 17.5 Å². The van der Waals surface area contributed by atoms with Crippen LogP contribution in [0, 0.1) is 0 Å². The Morgan fingerprint density at radius 2 is 1.88 bits per heavy atom. The van der Waals surface area contributed by atoms with Crippen LogP contribution in [0.25, 0.3) is 11.0 Å². The quantitative estimate of drug-likeness (QED) is 0.687. The summed E-state index contributed by atoms with van der Waals surface area (Å²) in [6.45, 7) is 2.36. The summed E-state index contributed by atoms with van der Waals surface area (Å²) >= 11 is 0. The lowest BCUT2D eigenvalue weighted by Crippen LogP contribution is -2.01. The molecule has 0 fully saturated rings. The summed E-state index contributed by atoms with van der Waals surface area (Å²) < 4.78 is 11.0. The summed E-state index contributed by atoms with van der Waals surface area (Å²) in [7, 11) is 0. The van der Waals surface area contributed by atoms with E-state index in [2.05, 4.69) is 6.92 Å². The van der Waals surface area contributed by atoms with Crippen LogP contribution in [-0.4, -0.2) is 11.1 Å². The van der Waals surface area contributed by atoms with Crippen molar-refractivity contribution in [1.29, 1.82) is 0 Å². The highest BCUT2D eigenvalue weighted by Crippen LogP contribution is 2.24. The van der Waals surface area contributed by atoms with Gasteiger partial charge in [-0.1, -0.05) is 25.5 Å². The van der Waals surface area contributed by atoms with Crippen LogP contribution in [0.4, 0.5) is 0 Å². The van der Waals surface area contributed by atoms with Gasteiger partial charge in [0.25, 0.3) is 0 Å². The average molecular weight is 338 g/mol. The zero-order valence-electron chi connectivity index (χ0n) is 13.8. The maximum atomic E-state index is 11.7. The fraction of sp³-hybridized carbons (Fsp3) is 0.200. The van der Waals surface area contributed by atoms with Crippen molar-refractivity contribution < 1.29 is 19.1 Å². The largest absolute Gasteiger partial charge is 0.489 e. The molecular formula is C20H18O5. The number of rotatable bonds is 6. The van der Waals surface area contributed by atoms with E-state index < -0.39 is 5.97 Å². The van der Waals surface area contributed by atoms with Crippen LogP contribution in [-0.2, 0) is 13.0 Å². The van der Waals surface area contributed by atoms with Crippen molar-refractivity contribution in [2.24, 2.45) is 0 Å². The minimum absolute atomic E-state index is 0.236. The van der Waals surface area contributed by atoms with Crippen molar-refractivity contribution in [2.45, 2.75) is 26.4 Å². The van der Waals surface area contributed by atoms with Crippen LogP contribution >= 0.6 is 0 Å². The molecule has 0 aliphatic heterocycles. The predicted molar refractivity (Wildman–Crippen MR) is 94.2 cm³/mol. The van der Waals surface area contributed by atoms with E-state index in [0.29, 0.717) is 17.9 Å². The minimum atomic E-state index is -0.958. The highest BCUT2D eigenvalue weighted by atomic mass is 16.5. The van der Waals surface area contributed by atoms with Crippen LogP contribution in [0.2, 0.25) is 0 Å². The molecule has 25 heavy (non-hydrogen) atoms. The summed E-state index contributed by atoms with van der Waals surface area (Å²) in [5.74, 6) is -0.369. The van der Waals surface area contributed by atoms with E-state index in [9.17, 15) is 9.59 Å².